The summed E-state index contributed by atoms with van der Waals surface area (Å²) < 4.78 is 1.48. The minimum absolute atomic E-state index is 0.00463. The highest BCUT2D eigenvalue weighted by Crippen LogP contribution is 2.08. The van der Waals surface area contributed by atoms with Gasteiger partial charge in [0.05, 0.1) is 17.2 Å². The van der Waals surface area contributed by atoms with E-state index in [1.54, 1.807) is 13.4 Å². The standard InChI is InChI=1S/C10H10N2O.C2H6/c1-7-3-4-8-9(5-7)11-6-12(2)10(8)13;1-2/h3-6H,1-2H3;1-2H3. The molecule has 0 atom stereocenters. The van der Waals surface area contributed by atoms with Crippen molar-refractivity contribution in [3.8, 4) is 0 Å². The molecule has 0 spiro atoms. The maximum absolute atomic E-state index is 11.6. The lowest BCUT2D eigenvalue weighted by atomic mass is 10.2. The molecule has 2 rings (SSSR count). The van der Waals surface area contributed by atoms with Crippen molar-refractivity contribution in [3.63, 3.8) is 0 Å². The normalized spacial score (nSPS) is 9.60. The van der Waals surface area contributed by atoms with Crippen LogP contribution in [0.3, 0.4) is 0 Å². The Kier molecular flexibility index (Phi) is 3.61. The molecule has 0 aliphatic heterocycles. The van der Waals surface area contributed by atoms with Crippen molar-refractivity contribution in [2.75, 3.05) is 0 Å². The molecule has 0 saturated carbocycles. The van der Waals surface area contributed by atoms with Gasteiger partial charge in [0.2, 0.25) is 0 Å². The molecule has 0 aliphatic rings. The maximum Gasteiger partial charge on any atom is 0.260 e. The smallest absolute Gasteiger partial charge is 0.260 e. The summed E-state index contributed by atoms with van der Waals surface area (Å²) in [4.78, 5) is 15.7. The zero-order chi connectivity index (χ0) is 11.4. The third-order valence-electron chi connectivity index (χ3n) is 2.07. The number of aromatic nitrogens is 2. The molecule has 0 unspecified atom stereocenters. The molecule has 3 nitrogen and oxygen atoms in total. The van der Waals surface area contributed by atoms with Gasteiger partial charge in [-0.1, -0.05) is 19.9 Å². The van der Waals surface area contributed by atoms with E-state index in [0.29, 0.717) is 5.39 Å². The molecule has 15 heavy (non-hydrogen) atoms. The number of hydrogen-bond donors (Lipinski definition) is 0. The van der Waals surface area contributed by atoms with Gasteiger partial charge in [-0.25, -0.2) is 4.98 Å². The fourth-order valence-corrected chi connectivity index (χ4v) is 1.32. The van der Waals surface area contributed by atoms with Gasteiger partial charge >= 0.3 is 0 Å². The summed E-state index contributed by atoms with van der Waals surface area (Å²) in [6, 6.07) is 5.65. The van der Waals surface area contributed by atoms with Crippen LogP contribution in [0.4, 0.5) is 0 Å². The van der Waals surface area contributed by atoms with E-state index in [-0.39, 0.29) is 5.56 Å². The highest BCUT2D eigenvalue weighted by atomic mass is 16.1. The molecule has 1 heterocycles. The molecule has 0 aliphatic carbocycles. The Bertz CT molecular complexity index is 515. The summed E-state index contributed by atoms with van der Waals surface area (Å²) in [5.74, 6) is 0. The van der Waals surface area contributed by atoms with Crippen molar-refractivity contribution in [1.29, 1.82) is 0 Å². The van der Waals surface area contributed by atoms with Gasteiger partial charge in [0.1, 0.15) is 0 Å². The highest BCUT2D eigenvalue weighted by Gasteiger charge is 2.00. The number of nitrogens with zero attached hydrogens (tertiary/aromatic N) is 2. The minimum atomic E-state index is 0.00463. The van der Waals surface area contributed by atoms with Crippen LogP contribution in [0, 0.1) is 6.92 Å². The summed E-state index contributed by atoms with van der Waals surface area (Å²) in [7, 11) is 1.70. The molecule has 3 heteroatoms. The first-order chi connectivity index (χ1) is 7.18. The third-order valence-corrected chi connectivity index (χ3v) is 2.07. The lowest BCUT2D eigenvalue weighted by Crippen LogP contribution is -2.16. The van der Waals surface area contributed by atoms with Crippen LogP contribution in [0.5, 0.6) is 0 Å². The fraction of sp³-hybridized carbons (Fsp3) is 0.333. The Labute approximate surface area is 89.4 Å². The second-order valence-corrected chi connectivity index (χ2v) is 3.18. The highest BCUT2D eigenvalue weighted by molar-refractivity contribution is 5.77. The first kappa shape index (κ1) is 11.4. The van der Waals surface area contributed by atoms with Crippen molar-refractivity contribution >= 4 is 10.9 Å². The largest absolute Gasteiger partial charge is 0.302 e. The van der Waals surface area contributed by atoms with Gasteiger partial charge in [0.25, 0.3) is 5.56 Å². The van der Waals surface area contributed by atoms with Crippen LogP contribution in [0.15, 0.2) is 29.3 Å². The lowest BCUT2D eigenvalue weighted by Gasteiger charge is -2.00. The van der Waals surface area contributed by atoms with Crippen LogP contribution in [0.25, 0.3) is 10.9 Å². The van der Waals surface area contributed by atoms with Crippen LogP contribution < -0.4 is 5.56 Å². The third kappa shape index (κ3) is 2.24. The molecule has 0 radical (unpaired) electrons. The summed E-state index contributed by atoms with van der Waals surface area (Å²) >= 11 is 0. The molecule has 0 bridgehead atoms. The summed E-state index contributed by atoms with van der Waals surface area (Å²) in [5, 5.41) is 0.676. The van der Waals surface area contributed by atoms with E-state index in [9.17, 15) is 4.79 Å². The first-order valence-corrected chi connectivity index (χ1v) is 5.10. The monoisotopic (exact) mass is 204 g/mol. The van der Waals surface area contributed by atoms with Crippen LogP contribution in [0.1, 0.15) is 19.4 Å². The van der Waals surface area contributed by atoms with Crippen LogP contribution in [0.2, 0.25) is 0 Å². The Morgan fingerprint density at radius 2 is 1.93 bits per heavy atom. The topological polar surface area (TPSA) is 34.9 Å². The minimum Gasteiger partial charge on any atom is -0.302 e. The predicted molar refractivity (Wildman–Crippen MR) is 63.1 cm³/mol. The number of benzene rings is 1. The Morgan fingerprint density at radius 1 is 1.27 bits per heavy atom. The molecular formula is C12H16N2O. The van der Waals surface area contributed by atoms with Gasteiger partial charge in [-0.2, -0.15) is 0 Å². The van der Waals surface area contributed by atoms with E-state index in [2.05, 4.69) is 4.98 Å². The van der Waals surface area contributed by atoms with Crippen molar-refractivity contribution in [2.45, 2.75) is 20.8 Å². The van der Waals surface area contributed by atoms with Crippen LogP contribution in [-0.2, 0) is 7.05 Å². The van der Waals surface area contributed by atoms with Gasteiger partial charge < -0.3 is 4.57 Å². The molecule has 80 valence electrons. The molecule has 0 N–H and O–H groups in total. The van der Waals surface area contributed by atoms with Crippen molar-refractivity contribution in [2.24, 2.45) is 7.05 Å². The molecule has 2 aromatic rings. The van der Waals surface area contributed by atoms with E-state index < -0.39 is 0 Å². The molecule has 0 saturated heterocycles. The molecule has 1 aromatic heterocycles. The van der Waals surface area contributed by atoms with Gasteiger partial charge in [0, 0.05) is 7.05 Å². The molecule has 0 amide bonds. The van der Waals surface area contributed by atoms with E-state index in [4.69, 9.17) is 0 Å². The molecule has 0 fully saturated rings. The Balaban J connectivity index is 0.000000531. The molecule has 1 aromatic carbocycles. The Hall–Kier alpha value is -1.64. The Morgan fingerprint density at radius 3 is 2.60 bits per heavy atom. The SMILES string of the molecule is CC.Cc1ccc2c(=O)n(C)cnc2c1. The second kappa shape index (κ2) is 4.73. The van der Waals surface area contributed by atoms with Gasteiger partial charge in [-0.3, -0.25) is 4.79 Å². The van der Waals surface area contributed by atoms with Gasteiger partial charge in [-0.05, 0) is 24.6 Å². The fourth-order valence-electron chi connectivity index (χ4n) is 1.32. The van der Waals surface area contributed by atoms with E-state index in [0.717, 1.165) is 11.1 Å². The summed E-state index contributed by atoms with van der Waals surface area (Å²) in [6.45, 7) is 5.98. The zero-order valence-corrected chi connectivity index (χ0v) is 9.61. The number of fused-ring (bicyclic) bond motifs is 1. The predicted octanol–water partition coefficient (Wildman–Crippen LogP) is 2.27. The van der Waals surface area contributed by atoms with Gasteiger partial charge in [-0.15, -0.1) is 0 Å². The average Bonchev–Trinajstić information content (AvgIpc) is 2.26. The molecular weight excluding hydrogens is 188 g/mol. The number of rotatable bonds is 0. The quantitative estimate of drug-likeness (QED) is 0.659. The number of aryl methyl sites for hydroxylation is 2. The van der Waals surface area contributed by atoms with Crippen molar-refractivity contribution in [3.05, 3.63) is 40.4 Å². The van der Waals surface area contributed by atoms with Crippen LogP contribution in [-0.4, -0.2) is 9.55 Å². The second-order valence-electron chi connectivity index (χ2n) is 3.18. The van der Waals surface area contributed by atoms with Gasteiger partial charge in [0.15, 0.2) is 0 Å². The van der Waals surface area contributed by atoms with E-state index in [1.165, 1.54) is 4.57 Å². The maximum atomic E-state index is 11.6. The number of hydrogen-bond acceptors (Lipinski definition) is 2. The van der Waals surface area contributed by atoms with E-state index in [1.807, 2.05) is 39.0 Å². The summed E-state index contributed by atoms with van der Waals surface area (Å²) in [5.41, 5.74) is 1.89. The summed E-state index contributed by atoms with van der Waals surface area (Å²) in [6.07, 6.45) is 1.55. The average molecular weight is 204 g/mol. The zero-order valence-electron chi connectivity index (χ0n) is 9.61. The van der Waals surface area contributed by atoms with Crippen molar-refractivity contribution in [1.82, 2.24) is 9.55 Å². The van der Waals surface area contributed by atoms with Crippen LogP contribution >= 0.6 is 0 Å². The lowest BCUT2D eigenvalue weighted by molar-refractivity contribution is 0.843. The van der Waals surface area contributed by atoms with Crippen molar-refractivity contribution < 1.29 is 0 Å². The van der Waals surface area contributed by atoms with E-state index >= 15 is 0 Å². The first-order valence-electron chi connectivity index (χ1n) is 5.10.